The third-order valence-corrected chi connectivity index (χ3v) is 3.26. The van der Waals surface area contributed by atoms with Crippen molar-refractivity contribution in [2.75, 3.05) is 5.32 Å². The first-order chi connectivity index (χ1) is 7.16. The molecule has 3 N–H and O–H groups in total. The molecule has 1 amide bonds. The SMILES string of the molecule is C[C@H](Nc1cc2ccccc2s1)C(N)=O. The third-order valence-electron chi connectivity index (χ3n) is 2.21. The second kappa shape index (κ2) is 3.90. The van der Waals surface area contributed by atoms with Crippen LogP contribution in [0.5, 0.6) is 0 Å². The lowest BCUT2D eigenvalue weighted by Gasteiger charge is -2.08. The Morgan fingerprint density at radius 2 is 2.20 bits per heavy atom. The minimum absolute atomic E-state index is 0.335. The zero-order valence-corrected chi connectivity index (χ0v) is 9.17. The van der Waals surface area contributed by atoms with E-state index < -0.39 is 0 Å². The maximum atomic E-state index is 10.9. The summed E-state index contributed by atoms with van der Waals surface area (Å²) in [4.78, 5) is 10.9. The van der Waals surface area contributed by atoms with Gasteiger partial charge in [-0.05, 0) is 24.4 Å². The largest absolute Gasteiger partial charge is 0.368 e. The Balaban J connectivity index is 2.26. The predicted molar refractivity (Wildman–Crippen MR) is 64.1 cm³/mol. The van der Waals surface area contributed by atoms with Gasteiger partial charge in [0, 0.05) is 4.70 Å². The third kappa shape index (κ3) is 2.10. The van der Waals surface area contributed by atoms with Gasteiger partial charge in [0.2, 0.25) is 5.91 Å². The van der Waals surface area contributed by atoms with Crippen molar-refractivity contribution < 1.29 is 4.79 Å². The van der Waals surface area contributed by atoms with E-state index in [9.17, 15) is 4.79 Å². The van der Waals surface area contributed by atoms with E-state index in [1.807, 2.05) is 24.3 Å². The van der Waals surface area contributed by atoms with Gasteiger partial charge in [0.25, 0.3) is 0 Å². The van der Waals surface area contributed by atoms with Gasteiger partial charge >= 0.3 is 0 Å². The molecule has 0 saturated carbocycles. The molecule has 0 fully saturated rings. The predicted octanol–water partition coefficient (Wildman–Crippen LogP) is 2.19. The molecule has 0 radical (unpaired) electrons. The maximum absolute atomic E-state index is 10.9. The molecule has 4 heteroatoms. The van der Waals surface area contributed by atoms with Crippen LogP contribution in [0.1, 0.15) is 6.92 Å². The van der Waals surface area contributed by atoms with Crippen molar-refractivity contribution >= 4 is 32.3 Å². The summed E-state index contributed by atoms with van der Waals surface area (Å²) in [6, 6.07) is 9.79. The van der Waals surface area contributed by atoms with E-state index in [1.54, 1.807) is 18.3 Å². The Hall–Kier alpha value is -1.55. The van der Waals surface area contributed by atoms with E-state index >= 15 is 0 Å². The molecule has 15 heavy (non-hydrogen) atoms. The van der Waals surface area contributed by atoms with Crippen LogP contribution in [0.2, 0.25) is 0 Å². The van der Waals surface area contributed by atoms with Crippen LogP contribution in [-0.4, -0.2) is 11.9 Å². The first-order valence-corrected chi connectivity index (χ1v) is 5.53. The molecule has 1 aromatic heterocycles. The van der Waals surface area contributed by atoms with Gasteiger partial charge in [-0.15, -0.1) is 11.3 Å². The number of nitrogens with one attached hydrogen (secondary N) is 1. The highest BCUT2D eigenvalue weighted by Crippen LogP contribution is 2.29. The van der Waals surface area contributed by atoms with Crippen molar-refractivity contribution in [3.05, 3.63) is 30.3 Å². The van der Waals surface area contributed by atoms with Crippen molar-refractivity contribution in [2.24, 2.45) is 5.73 Å². The monoisotopic (exact) mass is 220 g/mol. The highest BCUT2D eigenvalue weighted by Gasteiger charge is 2.09. The second-order valence-electron chi connectivity index (χ2n) is 3.42. The van der Waals surface area contributed by atoms with Gasteiger partial charge in [-0.3, -0.25) is 4.79 Å². The second-order valence-corrected chi connectivity index (χ2v) is 4.50. The quantitative estimate of drug-likeness (QED) is 0.833. The lowest BCUT2D eigenvalue weighted by Crippen LogP contribution is -2.32. The van der Waals surface area contributed by atoms with Crippen LogP contribution in [0.15, 0.2) is 30.3 Å². The number of amides is 1. The van der Waals surface area contributed by atoms with Gasteiger partial charge in [0.1, 0.15) is 6.04 Å². The van der Waals surface area contributed by atoms with Gasteiger partial charge in [-0.1, -0.05) is 18.2 Å². The fourth-order valence-corrected chi connectivity index (χ4v) is 2.39. The zero-order chi connectivity index (χ0) is 10.8. The highest BCUT2D eigenvalue weighted by atomic mass is 32.1. The highest BCUT2D eigenvalue weighted by molar-refractivity contribution is 7.22. The summed E-state index contributed by atoms with van der Waals surface area (Å²) in [5.74, 6) is -0.340. The number of hydrogen-bond acceptors (Lipinski definition) is 3. The number of rotatable bonds is 3. The van der Waals surface area contributed by atoms with Gasteiger partial charge in [-0.25, -0.2) is 0 Å². The molecular weight excluding hydrogens is 208 g/mol. The molecule has 1 aromatic carbocycles. The molecule has 0 aliphatic rings. The summed E-state index contributed by atoms with van der Waals surface area (Å²) in [6.07, 6.45) is 0. The average Bonchev–Trinajstić information content (AvgIpc) is 2.59. The molecule has 0 aliphatic carbocycles. The molecule has 1 heterocycles. The first kappa shape index (κ1) is 9.98. The average molecular weight is 220 g/mol. The minimum atomic E-state index is -0.340. The van der Waals surface area contributed by atoms with Crippen LogP contribution in [-0.2, 0) is 4.79 Å². The molecule has 78 valence electrons. The number of anilines is 1. The molecule has 0 bridgehead atoms. The maximum Gasteiger partial charge on any atom is 0.239 e. The van der Waals surface area contributed by atoms with Gasteiger partial charge in [0.15, 0.2) is 0 Å². The van der Waals surface area contributed by atoms with E-state index in [0.29, 0.717) is 0 Å². The number of fused-ring (bicyclic) bond motifs is 1. The molecule has 1 atom stereocenters. The Morgan fingerprint density at radius 1 is 1.47 bits per heavy atom. The van der Waals surface area contributed by atoms with E-state index in [4.69, 9.17) is 5.73 Å². The van der Waals surface area contributed by atoms with Crippen LogP contribution in [0, 0.1) is 0 Å². The summed E-state index contributed by atoms with van der Waals surface area (Å²) >= 11 is 1.62. The zero-order valence-electron chi connectivity index (χ0n) is 8.36. The Labute approximate surface area is 91.9 Å². The molecule has 3 nitrogen and oxygen atoms in total. The topological polar surface area (TPSA) is 55.1 Å². The van der Waals surface area contributed by atoms with E-state index in [-0.39, 0.29) is 11.9 Å². The van der Waals surface area contributed by atoms with Crippen LogP contribution >= 0.6 is 11.3 Å². The number of primary amides is 1. The van der Waals surface area contributed by atoms with E-state index in [1.165, 1.54) is 10.1 Å². The molecule has 2 rings (SSSR count). The van der Waals surface area contributed by atoms with Crippen molar-refractivity contribution in [3.63, 3.8) is 0 Å². The Kier molecular flexibility index (Phi) is 2.60. The van der Waals surface area contributed by atoms with E-state index in [0.717, 1.165) is 5.00 Å². The van der Waals surface area contributed by atoms with Gasteiger partial charge < -0.3 is 11.1 Å². The number of thiophene rings is 1. The Morgan fingerprint density at radius 3 is 2.87 bits per heavy atom. The molecule has 0 spiro atoms. The standard InChI is InChI=1S/C11H12N2OS/c1-7(11(12)14)13-10-6-8-4-2-3-5-9(8)15-10/h2-7,13H,1H3,(H2,12,14)/t7-/m0/s1. The summed E-state index contributed by atoms with van der Waals surface area (Å²) in [6.45, 7) is 1.76. The number of hydrogen-bond donors (Lipinski definition) is 2. The van der Waals surface area contributed by atoms with E-state index in [2.05, 4.69) is 11.4 Å². The molecule has 0 aliphatic heterocycles. The number of nitrogens with two attached hydrogens (primary N) is 1. The Bertz CT molecular complexity index is 459. The fourth-order valence-electron chi connectivity index (χ4n) is 1.34. The van der Waals surface area contributed by atoms with Crippen molar-refractivity contribution in [3.8, 4) is 0 Å². The minimum Gasteiger partial charge on any atom is -0.368 e. The first-order valence-electron chi connectivity index (χ1n) is 4.71. The van der Waals surface area contributed by atoms with Crippen LogP contribution in [0.4, 0.5) is 5.00 Å². The summed E-state index contributed by atoms with van der Waals surface area (Å²) in [7, 11) is 0. The lowest BCUT2D eigenvalue weighted by molar-refractivity contribution is -0.118. The smallest absolute Gasteiger partial charge is 0.239 e. The van der Waals surface area contributed by atoms with Crippen LogP contribution in [0.25, 0.3) is 10.1 Å². The molecule has 2 aromatic rings. The summed E-state index contributed by atoms with van der Waals surface area (Å²) in [5.41, 5.74) is 5.18. The van der Waals surface area contributed by atoms with Crippen LogP contribution in [0.3, 0.4) is 0 Å². The number of carbonyl (C=O) groups excluding carboxylic acids is 1. The van der Waals surface area contributed by atoms with Crippen molar-refractivity contribution in [2.45, 2.75) is 13.0 Å². The number of carbonyl (C=O) groups is 1. The molecular formula is C11H12N2OS. The van der Waals surface area contributed by atoms with Crippen molar-refractivity contribution in [1.82, 2.24) is 0 Å². The summed E-state index contributed by atoms with van der Waals surface area (Å²) in [5, 5.41) is 5.23. The molecule has 0 unspecified atom stereocenters. The summed E-state index contributed by atoms with van der Waals surface area (Å²) < 4.78 is 1.21. The van der Waals surface area contributed by atoms with Gasteiger partial charge in [0.05, 0.1) is 5.00 Å². The van der Waals surface area contributed by atoms with Crippen molar-refractivity contribution in [1.29, 1.82) is 0 Å². The molecule has 0 saturated heterocycles. The lowest BCUT2D eigenvalue weighted by atomic mass is 10.2. The normalized spacial score (nSPS) is 12.6. The fraction of sp³-hybridized carbons (Fsp3) is 0.182. The van der Waals surface area contributed by atoms with Crippen LogP contribution < -0.4 is 11.1 Å². The number of benzene rings is 1. The van der Waals surface area contributed by atoms with Gasteiger partial charge in [-0.2, -0.15) is 0 Å².